The van der Waals surface area contributed by atoms with E-state index in [0.717, 1.165) is 32.6 Å². The molecule has 0 atom stereocenters. The number of aryl methyl sites for hydroxylation is 1. The number of thiophene rings is 1. The van der Waals surface area contributed by atoms with Gasteiger partial charge in [-0.2, -0.15) is 0 Å². The molecule has 9 nitrogen and oxygen atoms in total. The van der Waals surface area contributed by atoms with Crippen LogP contribution in [0, 0.1) is 28.7 Å². The molecule has 3 heterocycles. The number of sulfone groups is 1. The maximum atomic E-state index is 14.6. The number of nitro groups is 1. The van der Waals surface area contributed by atoms with E-state index in [9.17, 15) is 36.9 Å². The van der Waals surface area contributed by atoms with Crippen LogP contribution >= 0.6 is 11.3 Å². The van der Waals surface area contributed by atoms with Crippen LogP contribution in [0.3, 0.4) is 0 Å². The third-order valence-electron chi connectivity index (χ3n) is 6.85. The molecule has 1 aliphatic heterocycles. The summed E-state index contributed by atoms with van der Waals surface area (Å²) in [5, 5.41) is 11.2. The largest absolute Gasteiger partial charge is 0.332 e. The van der Waals surface area contributed by atoms with Crippen molar-refractivity contribution in [2.75, 3.05) is 11.5 Å². The number of fused-ring (bicyclic) bond motifs is 1. The lowest BCUT2D eigenvalue weighted by Crippen LogP contribution is -2.44. The molecule has 1 aliphatic rings. The van der Waals surface area contributed by atoms with Crippen molar-refractivity contribution in [3.05, 3.63) is 96.2 Å². The van der Waals surface area contributed by atoms with Crippen molar-refractivity contribution in [1.29, 1.82) is 0 Å². The number of non-ortho nitro benzene ring substituents is 1. The Kier molecular flexibility index (Phi) is 6.51. The van der Waals surface area contributed by atoms with Gasteiger partial charge in [0.15, 0.2) is 0 Å². The summed E-state index contributed by atoms with van der Waals surface area (Å²) >= 11 is 1.07. The summed E-state index contributed by atoms with van der Waals surface area (Å²) in [5.74, 6) is -2.06. The van der Waals surface area contributed by atoms with Gasteiger partial charge >= 0.3 is 5.69 Å². The molecule has 0 unspecified atom stereocenters. The Balaban J connectivity index is 1.77. The van der Waals surface area contributed by atoms with Crippen molar-refractivity contribution in [1.82, 2.24) is 9.13 Å². The molecule has 13 heteroatoms. The Morgan fingerprint density at radius 1 is 1.05 bits per heavy atom. The van der Waals surface area contributed by atoms with Crippen molar-refractivity contribution in [2.24, 2.45) is 0 Å². The van der Waals surface area contributed by atoms with Gasteiger partial charge in [-0.25, -0.2) is 22.0 Å². The van der Waals surface area contributed by atoms with Gasteiger partial charge in [0.25, 0.3) is 11.2 Å². The molecule has 2 aromatic carbocycles. The fourth-order valence-corrected chi connectivity index (χ4v) is 7.58. The zero-order valence-electron chi connectivity index (χ0n) is 20.0. The first-order chi connectivity index (χ1) is 18.0. The van der Waals surface area contributed by atoms with Crippen molar-refractivity contribution < 1.29 is 22.1 Å². The third kappa shape index (κ3) is 4.45. The Labute approximate surface area is 218 Å². The summed E-state index contributed by atoms with van der Waals surface area (Å²) in [6, 6.07) is 8.36. The normalized spacial score (nSPS) is 15.7. The molecule has 38 heavy (non-hydrogen) atoms. The summed E-state index contributed by atoms with van der Waals surface area (Å²) in [7, 11) is -3.28. The summed E-state index contributed by atoms with van der Waals surface area (Å²) in [6.45, 7) is 1.18. The number of nitrogens with zero attached hydrogens (tertiary/aromatic N) is 3. The minimum absolute atomic E-state index is 0.0649. The zero-order chi connectivity index (χ0) is 27.4. The van der Waals surface area contributed by atoms with E-state index in [1.807, 2.05) is 0 Å². The lowest BCUT2D eigenvalue weighted by Gasteiger charge is -2.24. The highest BCUT2D eigenvalue weighted by atomic mass is 32.2. The second-order valence-corrected chi connectivity index (χ2v) is 12.5. The summed E-state index contributed by atoms with van der Waals surface area (Å²) in [6.07, 6.45) is 0.130. The first-order valence-corrected chi connectivity index (χ1v) is 14.3. The van der Waals surface area contributed by atoms with Crippen LogP contribution in [0.1, 0.15) is 30.0 Å². The smallest absolute Gasteiger partial charge is 0.280 e. The number of halogens is 2. The Morgan fingerprint density at radius 3 is 2.24 bits per heavy atom. The maximum absolute atomic E-state index is 14.6. The number of hydrogen-bond donors (Lipinski definition) is 0. The molecule has 0 radical (unpaired) electrons. The Morgan fingerprint density at radius 2 is 1.66 bits per heavy atom. The average Bonchev–Trinajstić information content (AvgIpc) is 3.21. The van der Waals surface area contributed by atoms with Crippen LogP contribution < -0.4 is 11.2 Å². The highest BCUT2D eigenvalue weighted by Crippen LogP contribution is 2.37. The third-order valence-corrected chi connectivity index (χ3v) is 9.93. The lowest BCUT2D eigenvalue weighted by molar-refractivity contribution is -0.384. The Bertz CT molecular complexity index is 1790. The zero-order valence-corrected chi connectivity index (χ0v) is 21.7. The molecule has 0 saturated carbocycles. The van der Waals surface area contributed by atoms with Gasteiger partial charge in [0.1, 0.15) is 26.3 Å². The van der Waals surface area contributed by atoms with Crippen LogP contribution in [-0.2, 0) is 16.4 Å². The summed E-state index contributed by atoms with van der Waals surface area (Å²) in [5.41, 5.74) is -0.791. The van der Waals surface area contributed by atoms with Gasteiger partial charge in [0, 0.05) is 28.6 Å². The molecule has 0 amide bonds. The second kappa shape index (κ2) is 9.55. The molecule has 1 saturated heterocycles. The van der Waals surface area contributed by atoms with Crippen LogP contribution in [0.4, 0.5) is 14.5 Å². The predicted molar refractivity (Wildman–Crippen MR) is 140 cm³/mol. The molecule has 0 bridgehead atoms. The first-order valence-electron chi connectivity index (χ1n) is 11.6. The van der Waals surface area contributed by atoms with Crippen LogP contribution in [-0.4, -0.2) is 34.0 Å². The molecule has 0 N–H and O–H groups in total. The van der Waals surface area contributed by atoms with Crippen LogP contribution in [0.15, 0.2) is 52.1 Å². The molecule has 1 fully saturated rings. The van der Waals surface area contributed by atoms with E-state index in [2.05, 4.69) is 0 Å². The number of rotatable bonds is 5. The molecule has 0 spiro atoms. The Hall–Kier alpha value is -3.71. The van der Waals surface area contributed by atoms with Gasteiger partial charge < -0.3 is 0 Å². The minimum Gasteiger partial charge on any atom is -0.280 e. The van der Waals surface area contributed by atoms with E-state index in [1.54, 1.807) is 6.92 Å². The summed E-state index contributed by atoms with van der Waals surface area (Å²) < 4.78 is 55.3. The number of nitro benzene ring substituents is 1. The van der Waals surface area contributed by atoms with Gasteiger partial charge in [0.05, 0.1) is 28.4 Å². The van der Waals surface area contributed by atoms with Gasteiger partial charge in [-0.05, 0) is 55.2 Å². The summed E-state index contributed by atoms with van der Waals surface area (Å²) in [4.78, 5) is 38.8. The first kappa shape index (κ1) is 25.9. The monoisotopic (exact) mass is 561 g/mol. The van der Waals surface area contributed by atoms with Crippen molar-refractivity contribution in [3.63, 3.8) is 0 Å². The van der Waals surface area contributed by atoms with Gasteiger partial charge in [-0.3, -0.25) is 24.0 Å². The van der Waals surface area contributed by atoms with E-state index in [4.69, 9.17) is 0 Å². The number of hydrogen-bond acceptors (Lipinski definition) is 7. The van der Waals surface area contributed by atoms with Gasteiger partial charge in [-0.1, -0.05) is 6.07 Å². The minimum atomic E-state index is -3.28. The topological polar surface area (TPSA) is 121 Å². The molecular weight excluding hydrogens is 540 g/mol. The van der Waals surface area contributed by atoms with E-state index < -0.39 is 50.2 Å². The fraction of sp³-hybridized carbons (Fsp3) is 0.280. The van der Waals surface area contributed by atoms with Crippen molar-refractivity contribution in [2.45, 2.75) is 32.4 Å². The standard InChI is InChI=1S/C25H21F2N3O6S2/c1-14-21-23(31)29(16-9-11-38(35,36)12-10-16)25(32)28(13-18-19(26)3-2-4-20(18)27)24(21)37-22(14)15-5-7-17(8-6-15)30(33)34/h2-8,16H,9-13H2,1H3. The SMILES string of the molecule is Cc1c(-c2ccc([N+](=O)[O-])cc2)sc2c1c(=O)n(C1CCS(=O)(=O)CC1)c(=O)n2Cc1c(F)cccc1F. The van der Waals surface area contributed by atoms with E-state index in [-0.39, 0.29) is 45.8 Å². The highest BCUT2D eigenvalue weighted by molar-refractivity contribution is 7.91. The number of aromatic nitrogens is 2. The van der Waals surface area contributed by atoms with Gasteiger partial charge in [-0.15, -0.1) is 11.3 Å². The molecular formula is C25H21F2N3O6S2. The predicted octanol–water partition coefficient (Wildman–Crippen LogP) is 4.18. The van der Waals surface area contributed by atoms with E-state index in [0.29, 0.717) is 16.0 Å². The molecule has 5 rings (SSSR count). The van der Waals surface area contributed by atoms with E-state index in [1.165, 1.54) is 30.3 Å². The molecule has 2 aromatic heterocycles. The van der Waals surface area contributed by atoms with Gasteiger partial charge in [0.2, 0.25) is 0 Å². The van der Waals surface area contributed by atoms with Crippen LogP contribution in [0.2, 0.25) is 0 Å². The lowest BCUT2D eigenvalue weighted by atomic mass is 10.1. The number of benzene rings is 2. The molecule has 4 aromatic rings. The van der Waals surface area contributed by atoms with Crippen LogP contribution in [0.25, 0.3) is 20.7 Å². The van der Waals surface area contributed by atoms with E-state index >= 15 is 0 Å². The fourth-order valence-electron chi connectivity index (χ4n) is 4.81. The second-order valence-electron chi connectivity index (χ2n) is 9.17. The average molecular weight is 562 g/mol. The molecule has 0 aliphatic carbocycles. The van der Waals surface area contributed by atoms with Crippen molar-refractivity contribution in [3.8, 4) is 10.4 Å². The van der Waals surface area contributed by atoms with Crippen LogP contribution in [0.5, 0.6) is 0 Å². The molecule has 198 valence electrons. The highest BCUT2D eigenvalue weighted by Gasteiger charge is 2.30. The quantitative estimate of drug-likeness (QED) is 0.266. The van der Waals surface area contributed by atoms with Crippen molar-refractivity contribution >= 4 is 37.1 Å². The maximum Gasteiger partial charge on any atom is 0.332 e.